The highest BCUT2D eigenvalue weighted by Gasteiger charge is 2.19. The standard InChI is InChI=1S/C20H18FNO5/c1-11-14-7-8-16(25-2)19(26-3)18(14)27-20(24)15(11)10-17(23)22-13-6-4-5-12(21)9-13/h4-9H,10H2,1-3H3,(H,22,23). The van der Waals surface area contributed by atoms with Crippen molar-refractivity contribution < 1.29 is 23.1 Å². The van der Waals surface area contributed by atoms with Crippen LogP contribution in [0.2, 0.25) is 0 Å². The highest BCUT2D eigenvalue weighted by atomic mass is 19.1. The molecular weight excluding hydrogens is 353 g/mol. The maximum Gasteiger partial charge on any atom is 0.340 e. The Morgan fingerprint density at radius 2 is 1.96 bits per heavy atom. The minimum atomic E-state index is -0.638. The molecule has 3 aromatic rings. The van der Waals surface area contributed by atoms with Gasteiger partial charge in [0, 0.05) is 11.1 Å². The first kappa shape index (κ1) is 18.4. The number of rotatable bonds is 5. The van der Waals surface area contributed by atoms with Crippen molar-refractivity contribution in [3.8, 4) is 11.5 Å². The van der Waals surface area contributed by atoms with Crippen LogP contribution in [-0.2, 0) is 11.2 Å². The molecule has 0 bridgehead atoms. The fraction of sp³-hybridized carbons (Fsp3) is 0.200. The van der Waals surface area contributed by atoms with E-state index in [-0.39, 0.29) is 17.6 Å². The number of carbonyl (C=O) groups is 1. The third-order valence-corrected chi connectivity index (χ3v) is 4.24. The topological polar surface area (TPSA) is 77.8 Å². The summed E-state index contributed by atoms with van der Waals surface area (Å²) >= 11 is 0. The fourth-order valence-corrected chi connectivity index (χ4v) is 2.90. The van der Waals surface area contributed by atoms with E-state index in [1.165, 1.54) is 32.4 Å². The summed E-state index contributed by atoms with van der Waals surface area (Å²) in [6.07, 6.45) is -0.199. The number of ether oxygens (including phenoxy) is 2. The van der Waals surface area contributed by atoms with Crippen molar-refractivity contribution in [2.24, 2.45) is 0 Å². The molecule has 0 aliphatic rings. The minimum Gasteiger partial charge on any atom is -0.493 e. The summed E-state index contributed by atoms with van der Waals surface area (Å²) in [6, 6.07) is 8.96. The first-order valence-electron chi connectivity index (χ1n) is 8.17. The average molecular weight is 371 g/mol. The lowest BCUT2D eigenvalue weighted by atomic mass is 10.0. The van der Waals surface area contributed by atoms with Crippen LogP contribution >= 0.6 is 0 Å². The number of amides is 1. The zero-order chi connectivity index (χ0) is 19.6. The van der Waals surface area contributed by atoms with Crippen LogP contribution in [0.25, 0.3) is 11.0 Å². The van der Waals surface area contributed by atoms with Crippen molar-refractivity contribution >= 4 is 22.6 Å². The van der Waals surface area contributed by atoms with E-state index >= 15 is 0 Å². The largest absolute Gasteiger partial charge is 0.493 e. The summed E-state index contributed by atoms with van der Waals surface area (Å²) < 4.78 is 29.2. The second-order valence-electron chi connectivity index (χ2n) is 5.91. The molecular formula is C20H18FNO5. The van der Waals surface area contributed by atoms with Gasteiger partial charge >= 0.3 is 5.63 Å². The molecule has 1 aromatic heterocycles. The van der Waals surface area contributed by atoms with E-state index in [1.807, 2.05) is 0 Å². The molecule has 6 nitrogen and oxygen atoms in total. The molecule has 1 heterocycles. The van der Waals surface area contributed by atoms with Crippen molar-refractivity contribution in [2.45, 2.75) is 13.3 Å². The lowest BCUT2D eigenvalue weighted by Crippen LogP contribution is -2.20. The molecule has 0 aliphatic heterocycles. The number of methoxy groups -OCH3 is 2. The van der Waals surface area contributed by atoms with E-state index in [0.717, 1.165) is 0 Å². The summed E-state index contributed by atoms with van der Waals surface area (Å²) in [5, 5.41) is 3.21. The van der Waals surface area contributed by atoms with Crippen LogP contribution in [0, 0.1) is 12.7 Å². The second kappa shape index (κ2) is 7.49. The number of hydrogen-bond acceptors (Lipinski definition) is 5. The average Bonchev–Trinajstić information content (AvgIpc) is 2.64. The molecule has 0 saturated heterocycles. The number of nitrogens with one attached hydrogen (secondary N) is 1. The molecule has 0 saturated carbocycles. The molecule has 0 spiro atoms. The highest BCUT2D eigenvalue weighted by molar-refractivity contribution is 5.94. The number of aryl methyl sites for hydroxylation is 1. The number of halogens is 1. The van der Waals surface area contributed by atoms with Gasteiger partial charge in [-0.1, -0.05) is 6.07 Å². The number of anilines is 1. The van der Waals surface area contributed by atoms with E-state index < -0.39 is 17.3 Å². The SMILES string of the molecule is COc1ccc2c(C)c(CC(=O)Nc3cccc(F)c3)c(=O)oc2c1OC. The van der Waals surface area contributed by atoms with Gasteiger partial charge in [-0.05, 0) is 42.8 Å². The van der Waals surface area contributed by atoms with Crippen LogP contribution in [0.4, 0.5) is 10.1 Å². The van der Waals surface area contributed by atoms with Crippen LogP contribution in [0.15, 0.2) is 45.6 Å². The Kier molecular flexibility index (Phi) is 5.12. The van der Waals surface area contributed by atoms with E-state index in [0.29, 0.717) is 28.1 Å². The molecule has 0 atom stereocenters. The van der Waals surface area contributed by atoms with Crippen molar-refractivity contribution in [1.29, 1.82) is 0 Å². The number of benzene rings is 2. The second-order valence-corrected chi connectivity index (χ2v) is 5.91. The van der Waals surface area contributed by atoms with E-state index in [2.05, 4.69) is 5.32 Å². The van der Waals surface area contributed by atoms with Gasteiger partial charge < -0.3 is 19.2 Å². The van der Waals surface area contributed by atoms with Crippen molar-refractivity contribution in [3.05, 3.63) is 63.8 Å². The smallest absolute Gasteiger partial charge is 0.340 e. The van der Waals surface area contributed by atoms with Crippen LogP contribution in [0.3, 0.4) is 0 Å². The van der Waals surface area contributed by atoms with Gasteiger partial charge in [-0.3, -0.25) is 4.79 Å². The van der Waals surface area contributed by atoms with Gasteiger partial charge in [0.15, 0.2) is 11.3 Å². The van der Waals surface area contributed by atoms with E-state index in [9.17, 15) is 14.0 Å². The van der Waals surface area contributed by atoms with Gasteiger partial charge in [0.2, 0.25) is 11.7 Å². The highest BCUT2D eigenvalue weighted by Crippen LogP contribution is 2.36. The molecule has 1 N–H and O–H groups in total. The van der Waals surface area contributed by atoms with Gasteiger partial charge in [-0.15, -0.1) is 0 Å². The summed E-state index contributed by atoms with van der Waals surface area (Å²) in [4.78, 5) is 24.8. The molecule has 3 rings (SSSR count). The van der Waals surface area contributed by atoms with Gasteiger partial charge in [-0.25, -0.2) is 9.18 Å². The number of fused-ring (bicyclic) bond motifs is 1. The minimum absolute atomic E-state index is 0.199. The number of carbonyl (C=O) groups excluding carboxylic acids is 1. The van der Waals surface area contributed by atoms with Gasteiger partial charge in [0.05, 0.1) is 26.2 Å². The third-order valence-electron chi connectivity index (χ3n) is 4.24. The Morgan fingerprint density at radius 1 is 1.19 bits per heavy atom. The quantitative estimate of drug-likeness (QED) is 0.695. The Morgan fingerprint density at radius 3 is 2.63 bits per heavy atom. The van der Waals surface area contributed by atoms with Gasteiger partial charge in [-0.2, -0.15) is 0 Å². The maximum absolute atomic E-state index is 13.2. The van der Waals surface area contributed by atoms with Crippen LogP contribution in [0.1, 0.15) is 11.1 Å². The summed E-state index contributed by atoms with van der Waals surface area (Å²) in [7, 11) is 2.94. The Labute approximate surface area is 154 Å². The summed E-state index contributed by atoms with van der Waals surface area (Å²) in [5.41, 5.74) is 0.768. The van der Waals surface area contributed by atoms with Gasteiger partial charge in [0.1, 0.15) is 5.82 Å². The third kappa shape index (κ3) is 3.62. The van der Waals surface area contributed by atoms with Crippen LogP contribution in [0.5, 0.6) is 11.5 Å². The van der Waals surface area contributed by atoms with E-state index in [4.69, 9.17) is 13.9 Å². The van der Waals surface area contributed by atoms with Crippen molar-refractivity contribution in [1.82, 2.24) is 0 Å². The zero-order valence-corrected chi connectivity index (χ0v) is 15.1. The maximum atomic E-state index is 13.2. The Bertz CT molecular complexity index is 1070. The van der Waals surface area contributed by atoms with Crippen LogP contribution in [-0.4, -0.2) is 20.1 Å². The molecule has 1 amide bonds. The molecule has 0 fully saturated rings. The first-order chi connectivity index (χ1) is 12.9. The molecule has 0 radical (unpaired) electrons. The first-order valence-corrected chi connectivity index (χ1v) is 8.17. The molecule has 2 aromatic carbocycles. The zero-order valence-electron chi connectivity index (χ0n) is 15.1. The lowest BCUT2D eigenvalue weighted by Gasteiger charge is -2.13. The summed E-state index contributed by atoms with van der Waals surface area (Å²) in [5.74, 6) is -0.166. The predicted molar refractivity (Wildman–Crippen MR) is 99.1 cm³/mol. The molecule has 0 aliphatic carbocycles. The Balaban J connectivity index is 1.97. The van der Waals surface area contributed by atoms with Crippen molar-refractivity contribution in [2.75, 3.05) is 19.5 Å². The molecule has 7 heteroatoms. The molecule has 27 heavy (non-hydrogen) atoms. The van der Waals surface area contributed by atoms with E-state index in [1.54, 1.807) is 25.1 Å². The van der Waals surface area contributed by atoms with Crippen molar-refractivity contribution in [3.63, 3.8) is 0 Å². The fourth-order valence-electron chi connectivity index (χ4n) is 2.90. The molecule has 0 unspecified atom stereocenters. The lowest BCUT2D eigenvalue weighted by molar-refractivity contribution is -0.115. The van der Waals surface area contributed by atoms with Gasteiger partial charge in [0.25, 0.3) is 0 Å². The predicted octanol–water partition coefficient (Wildman–Crippen LogP) is 3.44. The number of hydrogen-bond donors (Lipinski definition) is 1. The Hall–Kier alpha value is -3.35. The normalized spacial score (nSPS) is 10.7. The monoisotopic (exact) mass is 371 g/mol. The summed E-state index contributed by atoms with van der Waals surface area (Å²) in [6.45, 7) is 1.73. The molecule has 140 valence electrons. The van der Waals surface area contributed by atoms with Crippen LogP contribution < -0.4 is 20.4 Å².